The second kappa shape index (κ2) is 6.52. The quantitative estimate of drug-likeness (QED) is 0.917. The predicted octanol–water partition coefficient (Wildman–Crippen LogP) is 2.60. The summed E-state index contributed by atoms with van der Waals surface area (Å²) in [5.74, 6) is 0.221. The zero-order valence-corrected chi connectivity index (χ0v) is 12.7. The molecule has 1 rings (SSSR count). The molecule has 0 aliphatic carbocycles. The van der Waals surface area contributed by atoms with E-state index in [1.807, 2.05) is 6.92 Å². The summed E-state index contributed by atoms with van der Waals surface area (Å²) in [7, 11) is -0.927. The standard InChI is InChI=1S/C11H13BrClNO2S/c1-7(6-17(2)16)14-11(15)8-3-9(12)5-10(13)4-8/h3-5,7H,6H2,1-2H3,(H,14,15). The van der Waals surface area contributed by atoms with Crippen LogP contribution in [-0.2, 0) is 10.8 Å². The first-order valence-corrected chi connectivity index (χ1v) is 7.85. The lowest BCUT2D eigenvalue weighted by atomic mass is 10.2. The Morgan fingerprint density at radius 2 is 2.18 bits per heavy atom. The van der Waals surface area contributed by atoms with Crippen LogP contribution in [0.1, 0.15) is 17.3 Å². The van der Waals surface area contributed by atoms with Crippen LogP contribution in [0.4, 0.5) is 0 Å². The lowest BCUT2D eigenvalue weighted by Gasteiger charge is -2.12. The minimum Gasteiger partial charge on any atom is -0.349 e. The number of nitrogens with one attached hydrogen (secondary N) is 1. The number of benzene rings is 1. The molecule has 0 spiro atoms. The molecule has 6 heteroatoms. The molecule has 1 N–H and O–H groups in total. The Morgan fingerprint density at radius 1 is 1.53 bits per heavy atom. The van der Waals surface area contributed by atoms with Gasteiger partial charge in [0, 0.05) is 43.9 Å². The molecule has 2 atom stereocenters. The summed E-state index contributed by atoms with van der Waals surface area (Å²) < 4.78 is 11.8. The predicted molar refractivity (Wildman–Crippen MR) is 75.0 cm³/mol. The summed E-state index contributed by atoms with van der Waals surface area (Å²) in [5.41, 5.74) is 0.484. The zero-order chi connectivity index (χ0) is 13.0. The number of hydrogen-bond acceptors (Lipinski definition) is 2. The molecular formula is C11H13BrClNO2S. The first-order valence-electron chi connectivity index (χ1n) is 4.95. The van der Waals surface area contributed by atoms with Gasteiger partial charge >= 0.3 is 0 Å². The first-order chi connectivity index (χ1) is 7.88. The minimum atomic E-state index is -0.927. The normalized spacial score (nSPS) is 14.1. The van der Waals surface area contributed by atoms with Gasteiger partial charge in [-0.3, -0.25) is 9.00 Å². The largest absolute Gasteiger partial charge is 0.349 e. The van der Waals surface area contributed by atoms with Crippen LogP contribution in [-0.4, -0.2) is 28.2 Å². The van der Waals surface area contributed by atoms with Gasteiger partial charge in [0.25, 0.3) is 5.91 Å². The molecule has 17 heavy (non-hydrogen) atoms. The molecule has 0 bridgehead atoms. The van der Waals surface area contributed by atoms with Crippen LogP contribution < -0.4 is 5.32 Å². The number of halogens is 2. The molecule has 0 saturated carbocycles. The van der Waals surface area contributed by atoms with Crippen LogP contribution >= 0.6 is 27.5 Å². The Labute approximate surface area is 117 Å². The van der Waals surface area contributed by atoms with Crippen LogP contribution in [0.3, 0.4) is 0 Å². The van der Waals surface area contributed by atoms with Gasteiger partial charge < -0.3 is 5.32 Å². The highest BCUT2D eigenvalue weighted by Gasteiger charge is 2.12. The van der Waals surface area contributed by atoms with Crippen LogP contribution in [0.2, 0.25) is 5.02 Å². The fraction of sp³-hybridized carbons (Fsp3) is 0.364. The Balaban J connectivity index is 2.72. The molecule has 0 fully saturated rings. The maximum atomic E-state index is 11.9. The van der Waals surface area contributed by atoms with Crippen molar-refractivity contribution in [2.45, 2.75) is 13.0 Å². The van der Waals surface area contributed by atoms with Gasteiger partial charge in [0.05, 0.1) is 0 Å². The van der Waals surface area contributed by atoms with E-state index in [1.54, 1.807) is 24.5 Å². The van der Waals surface area contributed by atoms with E-state index in [2.05, 4.69) is 21.2 Å². The number of rotatable bonds is 4. The molecule has 1 aromatic rings. The van der Waals surface area contributed by atoms with E-state index in [0.29, 0.717) is 16.3 Å². The molecule has 0 aliphatic rings. The van der Waals surface area contributed by atoms with Crippen molar-refractivity contribution in [3.05, 3.63) is 33.3 Å². The topological polar surface area (TPSA) is 46.2 Å². The number of amides is 1. The molecule has 0 heterocycles. The molecule has 0 radical (unpaired) electrons. The van der Waals surface area contributed by atoms with Gasteiger partial charge in [-0.05, 0) is 25.1 Å². The summed E-state index contributed by atoms with van der Waals surface area (Å²) in [6, 6.07) is 4.86. The molecule has 0 aromatic heterocycles. The molecule has 0 aliphatic heterocycles. The highest BCUT2D eigenvalue weighted by Crippen LogP contribution is 2.19. The van der Waals surface area contributed by atoms with Gasteiger partial charge in [-0.1, -0.05) is 27.5 Å². The summed E-state index contributed by atoms with van der Waals surface area (Å²) in [5, 5.41) is 3.27. The molecule has 2 unspecified atom stereocenters. The molecular weight excluding hydrogens is 326 g/mol. The first kappa shape index (κ1) is 14.7. The van der Waals surface area contributed by atoms with E-state index in [-0.39, 0.29) is 11.9 Å². The van der Waals surface area contributed by atoms with E-state index >= 15 is 0 Å². The van der Waals surface area contributed by atoms with Gasteiger partial charge in [0.15, 0.2) is 0 Å². The van der Waals surface area contributed by atoms with Crippen LogP contribution in [0.25, 0.3) is 0 Å². The second-order valence-corrected chi connectivity index (χ2v) is 6.60. The van der Waals surface area contributed by atoms with Gasteiger partial charge in [0.2, 0.25) is 0 Å². The highest BCUT2D eigenvalue weighted by atomic mass is 79.9. The van der Waals surface area contributed by atoms with Crippen molar-refractivity contribution < 1.29 is 9.00 Å². The SMILES string of the molecule is CC(CS(C)=O)NC(=O)c1cc(Cl)cc(Br)c1. The maximum absolute atomic E-state index is 11.9. The Bertz CT molecular complexity index is 433. The van der Waals surface area contributed by atoms with Gasteiger partial charge in [-0.15, -0.1) is 0 Å². The average molecular weight is 339 g/mol. The van der Waals surface area contributed by atoms with Crippen LogP contribution in [0, 0.1) is 0 Å². The Hall–Kier alpha value is -0.390. The van der Waals surface area contributed by atoms with E-state index in [0.717, 1.165) is 4.47 Å². The van der Waals surface area contributed by atoms with Crippen molar-refractivity contribution in [1.29, 1.82) is 0 Å². The lowest BCUT2D eigenvalue weighted by molar-refractivity contribution is 0.0943. The zero-order valence-electron chi connectivity index (χ0n) is 9.50. The van der Waals surface area contributed by atoms with Crippen molar-refractivity contribution in [3.63, 3.8) is 0 Å². The molecule has 3 nitrogen and oxygen atoms in total. The summed E-state index contributed by atoms with van der Waals surface area (Å²) in [6.45, 7) is 1.82. The Kier molecular flexibility index (Phi) is 5.62. The molecule has 94 valence electrons. The number of hydrogen-bond donors (Lipinski definition) is 1. The average Bonchev–Trinajstić information content (AvgIpc) is 2.14. The molecule has 1 aromatic carbocycles. The lowest BCUT2D eigenvalue weighted by Crippen LogP contribution is -2.36. The van der Waals surface area contributed by atoms with Crippen molar-refractivity contribution in [1.82, 2.24) is 5.32 Å². The smallest absolute Gasteiger partial charge is 0.251 e. The summed E-state index contributed by atoms with van der Waals surface area (Å²) >= 11 is 9.13. The van der Waals surface area contributed by atoms with Gasteiger partial charge in [-0.2, -0.15) is 0 Å². The monoisotopic (exact) mass is 337 g/mol. The molecule has 0 saturated heterocycles. The number of carbonyl (C=O) groups is 1. The van der Waals surface area contributed by atoms with Crippen molar-refractivity contribution in [2.75, 3.05) is 12.0 Å². The van der Waals surface area contributed by atoms with E-state index in [4.69, 9.17) is 11.6 Å². The van der Waals surface area contributed by atoms with Crippen LogP contribution in [0.5, 0.6) is 0 Å². The third kappa shape index (κ3) is 5.19. The van der Waals surface area contributed by atoms with Crippen LogP contribution in [0.15, 0.2) is 22.7 Å². The second-order valence-electron chi connectivity index (χ2n) is 3.77. The van der Waals surface area contributed by atoms with Crippen molar-refractivity contribution in [3.8, 4) is 0 Å². The molecule has 1 amide bonds. The van der Waals surface area contributed by atoms with E-state index < -0.39 is 10.8 Å². The summed E-state index contributed by atoms with van der Waals surface area (Å²) in [6.07, 6.45) is 1.61. The van der Waals surface area contributed by atoms with E-state index in [9.17, 15) is 9.00 Å². The van der Waals surface area contributed by atoms with Crippen molar-refractivity contribution >= 4 is 44.2 Å². The third-order valence-electron chi connectivity index (χ3n) is 1.99. The minimum absolute atomic E-state index is 0.133. The van der Waals surface area contributed by atoms with E-state index in [1.165, 1.54) is 0 Å². The van der Waals surface area contributed by atoms with Gasteiger partial charge in [0.1, 0.15) is 0 Å². The number of carbonyl (C=O) groups excluding carboxylic acids is 1. The van der Waals surface area contributed by atoms with Crippen molar-refractivity contribution in [2.24, 2.45) is 0 Å². The summed E-state index contributed by atoms with van der Waals surface area (Å²) in [4.78, 5) is 11.9. The highest BCUT2D eigenvalue weighted by molar-refractivity contribution is 9.10. The Morgan fingerprint density at radius 3 is 2.71 bits per heavy atom. The maximum Gasteiger partial charge on any atom is 0.251 e. The fourth-order valence-electron chi connectivity index (χ4n) is 1.39. The fourth-order valence-corrected chi connectivity index (χ4v) is 3.03. The third-order valence-corrected chi connectivity index (χ3v) is 3.63. The van der Waals surface area contributed by atoms with Gasteiger partial charge in [-0.25, -0.2) is 0 Å².